The van der Waals surface area contributed by atoms with E-state index in [1.54, 1.807) is 24.1 Å². The third-order valence-corrected chi connectivity index (χ3v) is 3.58. The smallest absolute Gasteiger partial charge is 0.260 e. The highest BCUT2D eigenvalue weighted by molar-refractivity contribution is 5.78. The minimum atomic E-state index is -0.115. The Balaban J connectivity index is 1.90. The first kappa shape index (κ1) is 16.0. The normalized spacial score (nSPS) is 11.8. The Morgan fingerprint density at radius 1 is 1.27 bits per heavy atom. The van der Waals surface area contributed by atoms with E-state index in [2.05, 4.69) is 4.98 Å². The van der Waals surface area contributed by atoms with Crippen LogP contribution >= 0.6 is 0 Å². The molecule has 1 amide bonds. The van der Waals surface area contributed by atoms with Crippen molar-refractivity contribution in [2.75, 3.05) is 13.7 Å². The lowest BCUT2D eigenvalue weighted by Crippen LogP contribution is -2.33. The van der Waals surface area contributed by atoms with E-state index in [0.29, 0.717) is 11.4 Å². The van der Waals surface area contributed by atoms with Crippen LogP contribution < -0.4 is 4.74 Å². The first-order valence-electron chi connectivity index (χ1n) is 7.11. The van der Waals surface area contributed by atoms with E-state index in [9.17, 15) is 4.79 Å². The molecule has 1 aromatic heterocycles. The van der Waals surface area contributed by atoms with Crippen LogP contribution in [0, 0.1) is 0 Å². The number of carbonyl (C=O) groups excluding carboxylic acids is 1. The van der Waals surface area contributed by atoms with Crippen molar-refractivity contribution in [3.05, 3.63) is 59.9 Å². The van der Waals surface area contributed by atoms with Crippen LogP contribution in [0.5, 0.6) is 5.75 Å². The summed E-state index contributed by atoms with van der Waals surface area (Å²) in [6.07, 6.45) is 1.50. The first-order valence-corrected chi connectivity index (χ1v) is 7.11. The van der Waals surface area contributed by atoms with Gasteiger partial charge in [0.15, 0.2) is 6.61 Å². The molecule has 2 rings (SSSR count). The number of pyridine rings is 1. The van der Waals surface area contributed by atoms with Gasteiger partial charge in [0.2, 0.25) is 0 Å². The molecular formula is C17H20N2O3. The maximum absolute atomic E-state index is 12.2. The lowest BCUT2D eigenvalue weighted by atomic mass is 10.1. The fourth-order valence-corrected chi connectivity index (χ4v) is 2.01. The van der Waals surface area contributed by atoms with Crippen LogP contribution in [-0.4, -0.2) is 34.6 Å². The van der Waals surface area contributed by atoms with Crippen molar-refractivity contribution in [1.82, 2.24) is 9.88 Å². The van der Waals surface area contributed by atoms with Crippen molar-refractivity contribution in [2.24, 2.45) is 0 Å². The molecule has 0 spiro atoms. The molecule has 1 heterocycles. The molecule has 1 atom stereocenters. The van der Waals surface area contributed by atoms with Gasteiger partial charge in [-0.15, -0.1) is 0 Å². The van der Waals surface area contributed by atoms with Gasteiger partial charge < -0.3 is 14.7 Å². The number of aliphatic hydroxyl groups is 1. The third kappa shape index (κ3) is 4.05. The number of aliphatic hydroxyl groups excluding tert-OH is 1. The molecule has 0 radical (unpaired) electrons. The van der Waals surface area contributed by atoms with E-state index in [1.807, 2.05) is 37.3 Å². The van der Waals surface area contributed by atoms with Crippen LogP contribution in [-0.2, 0) is 11.4 Å². The Kier molecular flexibility index (Phi) is 5.49. The predicted octanol–water partition coefficient (Wildman–Crippen LogP) is 2.17. The summed E-state index contributed by atoms with van der Waals surface area (Å²) >= 11 is 0. The van der Waals surface area contributed by atoms with Gasteiger partial charge in [-0.05, 0) is 24.6 Å². The van der Waals surface area contributed by atoms with Crippen molar-refractivity contribution in [1.29, 1.82) is 0 Å². The van der Waals surface area contributed by atoms with Gasteiger partial charge in [-0.1, -0.05) is 30.3 Å². The molecule has 22 heavy (non-hydrogen) atoms. The summed E-state index contributed by atoms with van der Waals surface area (Å²) in [7, 11) is 1.76. The zero-order valence-electron chi connectivity index (χ0n) is 12.8. The van der Waals surface area contributed by atoms with Gasteiger partial charge >= 0.3 is 0 Å². The highest BCUT2D eigenvalue weighted by Gasteiger charge is 2.17. The Bertz CT molecular complexity index is 599. The fraction of sp³-hybridized carbons (Fsp3) is 0.294. The minimum Gasteiger partial charge on any atom is -0.482 e. The number of hydrogen-bond acceptors (Lipinski definition) is 4. The van der Waals surface area contributed by atoms with Crippen LogP contribution in [0.25, 0.3) is 0 Å². The number of amides is 1. The average Bonchev–Trinajstić information content (AvgIpc) is 2.59. The Morgan fingerprint density at radius 2 is 2.00 bits per heavy atom. The molecule has 1 aromatic carbocycles. The Morgan fingerprint density at radius 3 is 2.59 bits per heavy atom. The Hall–Kier alpha value is -2.40. The summed E-state index contributed by atoms with van der Waals surface area (Å²) in [5.74, 6) is 0.397. The number of ether oxygens (including phenoxy) is 1. The summed E-state index contributed by atoms with van der Waals surface area (Å²) in [5.41, 5.74) is 1.64. The molecule has 0 aliphatic heterocycles. The summed E-state index contributed by atoms with van der Waals surface area (Å²) < 4.78 is 5.44. The number of likely N-dealkylation sites (N-methyl/N-ethyl adjacent to an activating group) is 1. The zero-order valence-corrected chi connectivity index (χ0v) is 12.8. The quantitative estimate of drug-likeness (QED) is 0.888. The average molecular weight is 300 g/mol. The van der Waals surface area contributed by atoms with Crippen LogP contribution in [0.4, 0.5) is 0 Å². The molecule has 0 bridgehead atoms. The van der Waals surface area contributed by atoms with E-state index >= 15 is 0 Å². The maximum Gasteiger partial charge on any atom is 0.260 e. The number of hydrogen-bond donors (Lipinski definition) is 1. The molecular weight excluding hydrogens is 280 g/mol. The molecule has 0 aliphatic carbocycles. The molecule has 1 N–H and O–H groups in total. The number of nitrogens with zero attached hydrogens (tertiary/aromatic N) is 2. The summed E-state index contributed by atoms with van der Waals surface area (Å²) in [4.78, 5) is 17.9. The second-order valence-electron chi connectivity index (χ2n) is 5.02. The number of aromatic nitrogens is 1. The van der Waals surface area contributed by atoms with Gasteiger partial charge in [-0.2, -0.15) is 0 Å². The van der Waals surface area contributed by atoms with Crippen molar-refractivity contribution >= 4 is 5.91 Å². The largest absolute Gasteiger partial charge is 0.482 e. The van der Waals surface area contributed by atoms with Crippen molar-refractivity contribution < 1.29 is 14.6 Å². The number of carbonyl (C=O) groups is 1. The van der Waals surface area contributed by atoms with Crippen molar-refractivity contribution in [3.8, 4) is 5.75 Å². The molecule has 2 aromatic rings. The molecule has 0 fully saturated rings. The van der Waals surface area contributed by atoms with E-state index in [-0.39, 0.29) is 25.2 Å². The minimum absolute atomic E-state index is 0.0211. The van der Waals surface area contributed by atoms with E-state index in [1.165, 1.54) is 6.20 Å². The van der Waals surface area contributed by atoms with Gasteiger partial charge in [0, 0.05) is 7.05 Å². The van der Waals surface area contributed by atoms with Crippen LogP contribution in [0.15, 0.2) is 48.7 Å². The van der Waals surface area contributed by atoms with E-state index in [4.69, 9.17) is 9.84 Å². The van der Waals surface area contributed by atoms with Gasteiger partial charge in [0.1, 0.15) is 5.75 Å². The van der Waals surface area contributed by atoms with Gasteiger partial charge in [0.25, 0.3) is 5.91 Å². The standard InChI is InChI=1S/C17H20N2O3/c1-13(14-6-4-3-5-7-14)19(2)17(21)12-22-16-9-8-15(11-20)18-10-16/h3-10,13,20H,11-12H2,1-2H3. The molecule has 5 heteroatoms. The second-order valence-corrected chi connectivity index (χ2v) is 5.02. The molecule has 1 unspecified atom stereocenters. The van der Waals surface area contributed by atoms with Crippen LogP contribution in [0.2, 0.25) is 0 Å². The summed E-state index contributed by atoms with van der Waals surface area (Å²) in [6, 6.07) is 13.2. The van der Waals surface area contributed by atoms with Gasteiger partial charge in [0.05, 0.1) is 24.5 Å². The highest BCUT2D eigenvalue weighted by Crippen LogP contribution is 2.18. The topological polar surface area (TPSA) is 62.7 Å². The lowest BCUT2D eigenvalue weighted by molar-refractivity contribution is -0.134. The Labute approximate surface area is 130 Å². The van der Waals surface area contributed by atoms with E-state index < -0.39 is 0 Å². The monoisotopic (exact) mass is 300 g/mol. The lowest BCUT2D eigenvalue weighted by Gasteiger charge is -2.25. The van der Waals surface area contributed by atoms with Gasteiger partial charge in [-0.25, -0.2) is 0 Å². The number of rotatable bonds is 6. The van der Waals surface area contributed by atoms with Crippen LogP contribution in [0.1, 0.15) is 24.2 Å². The molecule has 0 saturated heterocycles. The maximum atomic E-state index is 12.2. The predicted molar refractivity (Wildman–Crippen MR) is 83.3 cm³/mol. The molecule has 5 nitrogen and oxygen atoms in total. The fourth-order valence-electron chi connectivity index (χ4n) is 2.01. The first-order chi connectivity index (χ1) is 10.6. The highest BCUT2D eigenvalue weighted by atomic mass is 16.5. The zero-order chi connectivity index (χ0) is 15.9. The summed E-state index contributed by atoms with van der Waals surface area (Å²) in [5, 5.41) is 8.92. The molecule has 116 valence electrons. The third-order valence-electron chi connectivity index (χ3n) is 3.58. The number of benzene rings is 1. The SMILES string of the molecule is CC(c1ccccc1)N(C)C(=O)COc1ccc(CO)nc1. The van der Waals surface area contributed by atoms with Crippen molar-refractivity contribution in [2.45, 2.75) is 19.6 Å². The van der Waals surface area contributed by atoms with Crippen molar-refractivity contribution in [3.63, 3.8) is 0 Å². The molecule has 0 aliphatic rings. The van der Waals surface area contributed by atoms with E-state index in [0.717, 1.165) is 5.56 Å². The van der Waals surface area contributed by atoms with Crippen LogP contribution in [0.3, 0.4) is 0 Å². The second kappa shape index (κ2) is 7.56. The molecule has 0 saturated carbocycles. The summed E-state index contributed by atoms with van der Waals surface area (Å²) in [6.45, 7) is 1.81. The van der Waals surface area contributed by atoms with Gasteiger partial charge in [-0.3, -0.25) is 9.78 Å².